The second-order valence-corrected chi connectivity index (χ2v) is 5.59. The van der Waals surface area contributed by atoms with Crippen LogP contribution in [0.5, 0.6) is 0 Å². The van der Waals surface area contributed by atoms with E-state index in [4.69, 9.17) is 5.73 Å². The molecule has 0 fully saturated rings. The molecule has 0 spiro atoms. The molecule has 2 heterocycles. The maximum atomic E-state index is 6.17. The van der Waals surface area contributed by atoms with Gasteiger partial charge in [-0.05, 0) is 24.6 Å². The van der Waals surface area contributed by atoms with E-state index in [0.717, 1.165) is 11.3 Å². The molecule has 4 aromatic rings. The van der Waals surface area contributed by atoms with Crippen LogP contribution >= 0.6 is 0 Å². The van der Waals surface area contributed by atoms with Crippen molar-refractivity contribution < 1.29 is 0 Å². The van der Waals surface area contributed by atoms with E-state index in [-0.39, 0.29) is 0 Å². The van der Waals surface area contributed by atoms with E-state index < -0.39 is 0 Å². The highest BCUT2D eigenvalue weighted by molar-refractivity contribution is 5.97. The van der Waals surface area contributed by atoms with Gasteiger partial charge in [-0.25, -0.2) is 9.97 Å². The van der Waals surface area contributed by atoms with E-state index in [1.165, 1.54) is 5.56 Å². The molecule has 6 heteroatoms. The standard InChI is InChI=1S/C18H16N6/c1-11-6-5-9-13(10-11)20-17-14-15(19)21-16(22-18(14)24-23-17)12-7-3-2-4-8-12/h2-10H,1H3,(H4,19,20,21,22,23,24). The van der Waals surface area contributed by atoms with Crippen LogP contribution in [-0.2, 0) is 0 Å². The molecule has 6 nitrogen and oxygen atoms in total. The van der Waals surface area contributed by atoms with Crippen LogP contribution in [0.15, 0.2) is 54.6 Å². The molecule has 4 N–H and O–H groups in total. The minimum Gasteiger partial charge on any atom is -0.383 e. The Labute approximate surface area is 138 Å². The van der Waals surface area contributed by atoms with Crippen LogP contribution in [0.4, 0.5) is 17.3 Å². The first-order valence-corrected chi connectivity index (χ1v) is 7.61. The normalized spacial score (nSPS) is 10.9. The highest BCUT2D eigenvalue weighted by atomic mass is 15.2. The minimum absolute atomic E-state index is 0.391. The Morgan fingerprint density at radius 3 is 2.62 bits per heavy atom. The monoisotopic (exact) mass is 316 g/mol. The summed E-state index contributed by atoms with van der Waals surface area (Å²) < 4.78 is 0. The van der Waals surface area contributed by atoms with Gasteiger partial charge in [-0.3, -0.25) is 5.10 Å². The molecule has 24 heavy (non-hydrogen) atoms. The van der Waals surface area contributed by atoms with Crippen molar-refractivity contribution in [3.8, 4) is 11.4 Å². The SMILES string of the molecule is Cc1cccc(Nc2[nH]nc3nc(-c4ccccc4)nc(N)c23)c1. The fourth-order valence-corrected chi connectivity index (χ4v) is 2.63. The van der Waals surface area contributed by atoms with Crippen molar-refractivity contribution in [3.05, 3.63) is 60.2 Å². The molecule has 2 aromatic carbocycles. The third kappa shape index (κ3) is 2.54. The summed E-state index contributed by atoms with van der Waals surface area (Å²) in [7, 11) is 0. The third-order valence-electron chi connectivity index (χ3n) is 3.76. The van der Waals surface area contributed by atoms with Gasteiger partial charge in [0.15, 0.2) is 11.5 Å². The Morgan fingerprint density at radius 2 is 1.83 bits per heavy atom. The lowest BCUT2D eigenvalue weighted by Crippen LogP contribution is -1.98. The summed E-state index contributed by atoms with van der Waals surface area (Å²) in [5.74, 6) is 1.64. The molecule has 0 aliphatic carbocycles. The molecule has 4 rings (SSSR count). The predicted octanol–water partition coefficient (Wildman–Crippen LogP) is 3.65. The summed E-state index contributed by atoms with van der Waals surface area (Å²) in [6.45, 7) is 2.04. The third-order valence-corrected chi connectivity index (χ3v) is 3.76. The number of nitrogens with two attached hydrogens (primary N) is 1. The van der Waals surface area contributed by atoms with Crippen LogP contribution in [0, 0.1) is 6.92 Å². The number of fused-ring (bicyclic) bond motifs is 1. The Kier molecular flexibility index (Phi) is 3.35. The topological polar surface area (TPSA) is 92.5 Å². The van der Waals surface area contributed by atoms with E-state index in [1.807, 2.05) is 61.5 Å². The number of benzene rings is 2. The van der Waals surface area contributed by atoms with Crippen molar-refractivity contribution in [1.29, 1.82) is 0 Å². The number of hydrogen-bond donors (Lipinski definition) is 3. The second kappa shape index (κ2) is 5.66. The fourth-order valence-electron chi connectivity index (χ4n) is 2.63. The Morgan fingerprint density at radius 1 is 1.00 bits per heavy atom. The number of H-pyrrole nitrogens is 1. The van der Waals surface area contributed by atoms with Crippen molar-refractivity contribution in [2.45, 2.75) is 6.92 Å². The molecule has 0 atom stereocenters. The van der Waals surface area contributed by atoms with E-state index >= 15 is 0 Å². The maximum absolute atomic E-state index is 6.17. The molecular formula is C18H16N6. The molecule has 0 unspecified atom stereocenters. The van der Waals surface area contributed by atoms with Gasteiger partial charge in [-0.1, -0.05) is 42.5 Å². The summed E-state index contributed by atoms with van der Waals surface area (Å²) in [5, 5.41) is 11.2. The van der Waals surface area contributed by atoms with Crippen molar-refractivity contribution in [2.75, 3.05) is 11.1 Å². The lowest BCUT2D eigenvalue weighted by atomic mass is 10.2. The molecule has 0 saturated carbocycles. The van der Waals surface area contributed by atoms with Crippen molar-refractivity contribution >= 4 is 28.4 Å². The Balaban J connectivity index is 1.77. The number of nitrogen functional groups attached to an aromatic ring is 1. The summed E-state index contributed by atoms with van der Waals surface area (Å²) in [4.78, 5) is 8.94. The summed E-state index contributed by atoms with van der Waals surface area (Å²) in [6, 6.07) is 17.8. The number of aromatic nitrogens is 4. The van der Waals surface area contributed by atoms with Gasteiger partial charge in [0.2, 0.25) is 0 Å². The van der Waals surface area contributed by atoms with Gasteiger partial charge in [0.1, 0.15) is 17.0 Å². The number of nitrogens with zero attached hydrogens (tertiary/aromatic N) is 3. The average molecular weight is 316 g/mol. The van der Waals surface area contributed by atoms with Gasteiger partial charge in [0.25, 0.3) is 0 Å². The molecule has 0 saturated heterocycles. The first-order chi connectivity index (χ1) is 11.7. The van der Waals surface area contributed by atoms with E-state index in [2.05, 4.69) is 25.5 Å². The number of rotatable bonds is 3. The van der Waals surface area contributed by atoms with Crippen molar-refractivity contribution in [1.82, 2.24) is 20.2 Å². The maximum Gasteiger partial charge on any atom is 0.188 e. The van der Waals surface area contributed by atoms with Gasteiger partial charge in [-0.2, -0.15) is 5.10 Å². The highest BCUT2D eigenvalue weighted by Gasteiger charge is 2.14. The van der Waals surface area contributed by atoms with Crippen LogP contribution in [0.3, 0.4) is 0 Å². The van der Waals surface area contributed by atoms with Gasteiger partial charge in [0.05, 0.1) is 0 Å². The van der Waals surface area contributed by atoms with E-state index in [0.29, 0.717) is 28.5 Å². The molecule has 0 bridgehead atoms. The van der Waals surface area contributed by atoms with Crippen molar-refractivity contribution in [2.24, 2.45) is 0 Å². The van der Waals surface area contributed by atoms with E-state index in [9.17, 15) is 0 Å². The largest absolute Gasteiger partial charge is 0.383 e. The minimum atomic E-state index is 0.391. The van der Waals surface area contributed by atoms with Crippen LogP contribution in [-0.4, -0.2) is 20.2 Å². The number of aromatic amines is 1. The lowest BCUT2D eigenvalue weighted by Gasteiger charge is -2.06. The molecule has 0 aliphatic heterocycles. The molecule has 0 radical (unpaired) electrons. The van der Waals surface area contributed by atoms with Gasteiger partial charge < -0.3 is 11.1 Å². The van der Waals surface area contributed by atoms with Crippen molar-refractivity contribution in [3.63, 3.8) is 0 Å². The van der Waals surface area contributed by atoms with Crippen LogP contribution in [0.1, 0.15) is 5.56 Å². The molecule has 0 aliphatic rings. The first-order valence-electron chi connectivity index (χ1n) is 7.61. The lowest BCUT2D eigenvalue weighted by molar-refractivity contribution is 1.09. The second-order valence-electron chi connectivity index (χ2n) is 5.59. The molecule has 0 amide bonds. The Bertz CT molecular complexity index is 1010. The quantitative estimate of drug-likeness (QED) is 0.536. The van der Waals surface area contributed by atoms with Crippen LogP contribution in [0.25, 0.3) is 22.4 Å². The van der Waals surface area contributed by atoms with Crippen LogP contribution in [0.2, 0.25) is 0 Å². The zero-order chi connectivity index (χ0) is 16.5. The first kappa shape index (κ1) is 14.2. The number of hydrogen-bond acceptors (Lipinski definition) is 5. The Hall–Kier alpha value is -3.41. The summed E-state index contributed by atoms with van der Waals surface area (Å²) in [6.07, 6.45) is 0. The average Bonchev–Trinajstić information content (AvgIpc) is 2.99. The zero-order valence-corrected chi connectivity index (χ0v) is 13.1. The summed E-state index contributed by atoms with van der Waals surface area (Å²) >= 11 is 0. The number of aryl methyl sites for hydroxylation is 1. The fraction of sp³-hybridized carbons (Fsp3) is 0.0556. The summed E-state index contributed by atoms with van der Waals surface area (Å²) in [5.41, 5.74) is 9.73. The van der Waals surface area contributed by atoms with Crippen LogP contribution < -0.4 is 11.1 Å². The molecular weight excluding hydrogens is 300 g/mol. The molecule has 2 aromatic heterocycles. The number of anilines is 3. The van der Waals surface area contributed by atoms with Gasteiger partial charge >= 0.3 is 0 Å². The zero-order valence-electron chi connectivity index (χ0n) is 13.1. The smallest absolute Gasteiger partial charge is 0.188 e. The highest BCUT2D eigenvalue weighted by Crippen LogP contribution is 2.29. The van der Waals surface area contributed by atoms with Gasteiger partial charge in [-0.15, -0.1) is 0 Å². The predicted molar refractivity (Wildman–Crippen MR) is 96.0 cm³/mol. The molecule has 118 valence electrons. The number of nitrogens with one attached hydrogen (secondary N) is 2. The van der Waals surface area contributed by atoms with E-state index in [1.54, 1.807) is 0 Å². The van der Waals surface area contributed by atoms with Gasteiger partial charge in [0, 0.05) is 11.3 Å².